The SMILES string of the molecule is CCOC(OCC)[C@H]1[C@H](c2cc(Cl)c(OC)c(Cl)c2)C1(Cl)Cl. The summed E-state index contributed by atoms with van der Waals surface area (Å²) < 4.78 is 15.4. The van der Waals surface area contributed by atoms with Crippen molar-refractivity contribution in [1.82, 2.24) is 0 Å². The van der Waals surface area contributed by atoms with Gasteiger partial charge in [0.05, 0.1) is 23.1 Å². The first-order valence-corrected chi connectivity index (χ1v) is 8.53. The molecule has 2 atom stereocenters. The fraction of sp³-hybridized carbons (Fsp3) is 0.600. The lowest BCUT2D eigenvalue weighted by Gasteiger charge is -2.17. The third-order valence-electron chi connectivity index (χ3n) is 3.65. The van der Waals surface area contributed by atoms with Crippen LogP contribution in [0.15, 0.2) is 12.1 Å². The average molecular weight is 388 g/mol. The van der Waals surface area contributed by atoms with Crippen molar-refractivity contribution in [3.05, 3.63) is 27.7 Å². The second-order valence-corrected chi connectivity index (χ2v) is 7.23. The zero-order chi connectivity index (χ0) is 16.5. The number of ether oxygens (including phenoxy) is 3. The zero-order valence-electron chi connectivity index (χ0n) is 12.5. The van der Waals surface area contributed by atoms with Crippen LogP contribution in [-0.2, 0) is 9.47 Å². The van der Waals surface area contributed by atoms with Crippen LogP contribution in [0.4, 0.5) is 0 Å². The molecule has 0 heterocycles. The van der Waals surface area contributed by atoms with E-state index in [-0.39, 0.29) is 11.8 Å². The van der Waals surface area contributed by atoms with Crippen molar-refractivity contribution in [1.29, 1.82) is 0 Å². The quantitative estimate of drug-likeness (QED) is 0.470. The maximum absolute atomic E-state index is 6.44. The first-order chi connectivity index (χ1) is 10.4. The van der Waals surface area contributed by atoms with Crippen LogP contribution in [0, 0.1) is 5.92 Å². The molecule has 22 heavy (non-hydrogen) atoms. The summed E-state index contributed by atoms with van der Waals surface area (Å²) >= 11 is 25.3. The summed E-state index contributed by atoms with van der Waals surface area (Å²) in [5.74, 6) is 0.0845. The van der Waals surface area contributed by atoms with Crippen molar-refractivity contribution in [2.45, 2.75) is 30.4 Å². The van der Waals surface area contributed by atoms with E-state index in [2.05, 4.69) is 0 Å². The highest BCUT2D eigenvalue weighted by Gasteiger charge is 2.68. The van der Waals surface area contributed by atoms with Gasteiger partial charge in [0.15, 0.2) is 12.0 Å². The second-order valence-electron chi connectivity index (χ2n) is 4.97. The summed E-state index contributed by atoms with van der Waals surface area (Å²) in [6.07, 6.45) is -0.463. The topological polar surface area (TPSA) is 27.7 Å². The summed E-state index contributed by atoms with van der Waals surface area (Å²) in [6, 6.07) is 3.54. The maximum Gasteiger partial charge on any atom is 0.163 e. The average Bonchev–Trinajstić information content (AvgIpc) is 3.00. The number of rotatable bonds is 7. The molecule has 0 amide bonds. The molecule has 7 heteroatoms. The molecule has 1 fully saturated rings. The lowest BCUT2D eigenvalue weighted by molar-refractivity contribution is -0.149. The minimum Gasteiger partial charge on any atom is -0.494 e. The van der Waals surface area contributed by atoms with Crippen LogP contribution in [0.2, 0.25) is 10.0 Å². The highest BCUT2D eigenvalue weighted by molar-refractivity contribution is 6.52. The largest absolute Gasteiger partial charge is 0.494 e. The third kappa shape index (κ3) is 3.45. The first kappa shape index (κ1) is 18.4. The van der Waals surface area contributed by atoms with Crippen molar-refractivity contribution in [3.8, 4) is 5.75 Å². The molecule has 1 aromatic rings. The van der Waals surface area contributed by atoms with Crippen LogP contribution in [0.25, 0.3) is 0 Å². The van der Waals surface area contributed by atoms with E-state index in [4.69, 9.17) is 60.6 Å². The zero-order valence-corrected chi connectivity index (χ0v) is 15.6. The van der Waals surface area contributed by atoms with E-state index in [9.17, 15) is 0 Å². The normalized spacial score (nSPS) is 22.9. The molecule has 1 saturated carbocycles. The Bertz CT molecular complexity index is 507. The minimum atomic E-state index is -0.976. The number of alkyl halides is 2. The van der Waals surface area contributed by atoms with Gasteiger partial charge in [-0.2, -0.15) is 0 Å². The van der Waals surface area contributed by atoms with E-state index in [1.807, 2.05) is 13.8 Å². The Morgan fingerprint density at radius 1 is 1.09 bits per heavy atom. The minimum absolute atomic E-state index is 0.167. The standard InChI is InChI=1S/C15H18Cl4O3/c1-4-21-14(22-5-2)12-11(15(12,18)19)8-6-9(16)13(20-3)10(17)7-8/h6-7,11-12,14H,4-5H2,1-3H3/t11-,12+/m0/s1. The van der Waals surface area contributed by atoms with E-state index in [0.29, 0.717) is 29.0 Å². The molecular formula is C15H18Cl4O3. The Labute approximate surface area is 150 Å². The Kier molecular flexibility index (Phi) is 6.14. The molecule has 3 nitrogen and oxygen atoms in total. The molecule has 0 spiro atoms. The van der Waals surface area contributed by atoms with Gasteiger partial charge in [0, 0.05) is 19.1 Å². The third-order valence-corrected chi connectivity index (χ3v) is 5.18. The van der Waals surface area contributed by atoms with Gasteiger partial charge in [-0.1, -0.05) is 23.2 Å². The highest BCUT2D eigenvalue weighted by atomic mass is 35.5. The van der Waals surface area contributed by atoms with Crippen LogP contribution >= 0.6 is 46.4 Å². The first-order valence-electron chi connectivity index (χ1n) is 7.02. The predicted molar refractivity (Wildman–Crippen MR) is 90.7 cm³/mol. The van der Waals surface area contributed by atoms with E-state index < -0.39 is 10.6 Å². The molecule has 0 aliphatic heterocycles. The van der Waals surface area contributed by atoms with E-state index in [0.717, 1.165) is 5.56 Å². The van der Waals surface area contributed by atoms with E-state index in [1.165, 1.54) is 7.11 Å². The van der Waals surface area contributed by atoms with Gasteiger partial charge >= 0.3 is 0 Å². The maximum atomic E-state index is 6.44. The van der Waals surface area contributed by atoms with Gasteiger partial charge in [-0.15, -0.1) is 23.2 Å². The lowest BCUT2D eigenvalue weighted by atomic mass is 10.1. The fourth-order valence-electron chi connectivity index (χ4n) is 2.66. The van der Waals surface area contributed by atoms with Crippen LogP contribution in [-0.4, -0.2) is 30.9 Å². The van der Waals surface area contributed by atoms with Gasteiger partial charge in [-0.3, -0.25) is 0 Å². The lowest BCUT2D eigenvalue weighted by Crippen LogP contribution is -2.22. The molecule has 124 valence electrons. The molecule has 0 saturated heterocycles. The van der Waals surface area contributed by atoms with Crippen molar-refractivity contribution >= 4 is 46.4 Å². The number of hydrogen-bond donors (Lipinski definition) is 0. The van der Waals surface area contributed by atoms with Gasteiger partial charge in [0.25, 0.3) is 0 Å². The second kappa shape index (κ2) is 7.33. The summed E-state index contributed by atoms with van der Waals surface area (Å²) in [7, 11) is 1.51. The van der Waals surface area contributed by atoms with Crippen LogP contribution in [0.3, 0.4) is 0 Å². The van der Waals surface area contributed by atoms with Crippen LogP contribution < -0.4 is 4.74 Å². The summed E-state index contributed by atoms with van der Waals surface area (Å²) in [5.41, 5.74) is 0.843. The fourth-order valence-corrected chi connectivity index (χ4v) is 4.17. The Balaban J connectivity index is 2.29. The molecule has 0 unspecified atom stereocenters. The molecule has 1 aromatic carbocycles. The van der Waals surface area contributed by atoms with Crippen molar-refractivity contribution in [3.63, 3.8) is 0 Å². The van der Waals surface area contributed by atoms with Crippen molar-refractivity contribution in [2.24, 2.45) is 5.92 Å². The molecule has 0 bridgehead atoms. The summed E-state index contributed by atoms with van der Waals surface area (Å²) in [5, 5.41) is 0.841. The Morgan fingerprint density at radius 3 is 2.00 bits per heavy atom. The van der Waals surface area contributed by atoms with Gasteiger partial charge in [-0.25, -0.2) is 0 Å². The summed E-state index contributed by atoms with van der Waals surface area (Å²) in [4.78, 5) is 0. The molecule has 2 rings (SSSR count). The van der Waals surface area contributed by atoms with E-state index in [1.54, 1.807) is 12.1 Å². The van der Waals surface area contributed by atoms with Crippen LogP contribution in [0.5, 0.6) is 5.75 Å². The van der Waals surface area contributed by atoms with Crippen molar-refractivity contribution in [2.75, 3.05) is 20.3 Å². The molecule has 1 aliphatic carbocycles. The smallest absolute Gasteiger partial charge is 0.163 e. The number of hydrogen-bond acceptors (Lipinski definition) is 3. The number of benzene rings is 1. The van der Waals surface area contributed by atoms with Gasteiger partial charge in [0.2, 0.25) is 0 Å². The van der Waals surface area contributed by atoms with Crippen molar-refractivity contribution < 1.29 is 14.2 Å². The van der Waals surface area contributed by atoms with Crippen LogP contribution in [0.1, 0.15) is 25.3 Å². The van der Waals surface area contributed by atoms with Gasteiger partial charge < -0.3 is 14.2 Å². The molecule has 0 N–H and O–H groups in total. The number of methoxy groups -OCH3 is 1. The number of halogens is 4. The predicted octanol–water partition coefficient (Wildman–Crippen LogP) is 5.29. The molecule has 1 aliphatic rings. The Hall–Kier alpha value is 0.1000. The Morgan fingerprint density at radius 2 is 1.59 bits per heavy atom. The molecule has 0 aromatic heterocycles. The van der Waals surface area contributed by atoms with E-state index >= 15 is 0 Å². The molecule has 0 radical (unpaired) electrons. The summed E-state index contributed by atoms with van der Waals surface area (Å²) in [6.45, 7) is 4.83. The monoisotopic (exact) mass is 386 g/mol. The van der Waals surface area contributed by atoms with Gasteiger partial charge in [0.1, 0.15) is 4.33 Å². The molecular weight excluding hydrogens is 370 g/mol. The van der Waals surface area contributed by atoms with Gasteiger partial charge in [-0.05, 0) is 31.5 Å². The highest BCUT2D eigenvalue weighted by Crippen LogP contribution is 2.67.